The van der Waals surface area contributed by atoms with Gasteiger partial charge in [-0.05, 0) is 31.4 Å². The Hall–Kier alpha value is -1.42. The van der Waals surface area contributed by atoms with Crippen molar-refractivity contribution < 1.29 is 4.79 Å². The van der Waals surface area contributed by atoms with Crippen LogP contribution < -0.4 is 10.6 Å². The van der Waals surface area contributed by atoms with Gasteiger partial charge in [-0.3, -0.25) is 9.78 Å². The lowest BCUT2D eigenvalue weighted by atomic mass is 10.1. The maximum atomic E-state index is 11.7. The normalized spacial score (nSPS) is 16.5. The van der Waals surface area contributed by atoms with Crippen molar-refractivity contribution in [2.24, 2.45) is 0 Å². The number of pyridine rings is 1. The molecule has 0 radical (unpaired) electrons. The first-order valence-corrected chi connectivity index (χ1v) is 6.18. The lowest BCUT2D eigenvalue weighted by molar-refractivity contribution is -0.121. The molecule has 1 saturated carbocycles. The van der Waals surface area contributed by atoms with Crippen molar-refractivity contribution in [3.63, 3.8) is 0 Å². The van der Waals surface area contributed by atoms with Gasteiger partial charge in [0, 0.05) is 31.4 Å². The number of nitrogens with zero attached hydrogens (tertiary/aromatic N) is 1. The van der Waals surface area contributed by atoms with Crippen LogP contribution in [0.15, 0.2) is 24.5 Å². The van der Waals surface area contributed by atoms with Crippen molar-refractivity contribution in [1.29, 1.82) is 0 Å². The van der Waals surface area contributed by atoms with Gasteiger partial charge in [-0.25, -0.2) is 0 Å². The van der Waals surface area contributed by atoms with Crippen LogP contribution in [-0.2, 0) is 4.79 Å². The molecule has 0 unspecified atom stereocenters. The SMILES string of the molecule is C[C@H](NC(=O)CCNC1CC1)c1cccnc1. The van der Waals surface area contributed by atoms with E-state index in [1.807, 2.05) is 19.1 Å². The minimum atomic E-state index is 0.0251. The third-order valence-electron chi connectivity index (χ3n) is 2.92. The van der Waals surface area contributed by atoms with E-state index in [4.69, 9.17) is 0 Å². The van der Waals surface area contributed by atoms with E-state index in [1.165, 1.54) is 12.8 Å². The summed E-state index contributed by atoms with van der Waals surface area (Å²) in [6.45, 7) is 2.75. The van der Waals surface area contributed by atoms with Crippen molar-refractivity contribution >= 4 is 5.91 Å². The Morgan fingerprint density at radius 1 is 1.59 bits per heavy atom. The summed E-state index contributed by atoms with van der Waals surface area (Å²) in [5.41, 5.74) is 1.04. The third-order valence-corrected chi connectivity index (χ3v) is 2.92. The van der Waals surface area contributed by atoms with Crippen LogP contribution in [0.1, 0.15) is 37.8 Å². The first kappa shape index (κ1) is 12.0. The predicted octanol–water partition coefficient (Wildman–Crippen LogP) is 1.40. The van der Waals surface area contributed by atoms with Gasteiger partial charge in [0.15, 0.2) is 0 Å². The number of hydrogen-bond donors (Lipinski definition) is 2. The van der Waals surface area contributed by atoms with E-state index in [0.29, 0.717) is 12.5 Å². The molecule has 1 aliphatic carbocycles. The van der Waals surface area contributed by atoms with Gasteiger partial charge in [-0.15, -0.1) is 0 Å². The van der Waals surface area contributed by atoms with Crippen LogP contribution in [0.25, 0.3) is 0 Å². The standard InChI is InChI=1S/C13H19N3O/c1-10(11-3-2-7-14-9-11)16-13(17)6-8-15-12-4-5-12/h2-3,7,9-10,12,15H,4-6,8H2,1H3,(H,16,17)/t10-/m0/s1. The Balaban J connectivity index is 1.69. The molecule has 1 aromatic rings. The number of carbonyl (C=O) groups excluding carboxylic acids is 1. The molecule has 1 heterocycles. The van der Waals surface area contributed by atoms with Gasteiger partial charge in [0.05, 0.1) is 6.04 Å². The molecule has 2 N–H and O–H groups in total. The molecule has 0 aromatic carbocycles. The van der Waals surface area contributed by atoms with Crippen LogP contribution in [0.4, 0.5) is 0 Å². The van der Waals surface area contributed by atoms with Crippen LogP contribution in [0.3, 0.4) is 0 Å². The van der Waals surface area contributed by atoms with Gasteiger partial charge in [-0.1, -0.05) is 6.07 Å². The number of hydrogen-bond acceptors (Lipinski definition) is 3. The molecule has 2 rings (SSSR count). The average molecular weight is 233 g/mol. The van der Waals surface area contributed by atoms with Crippen LogP contribution in [-0.4, -0.2) is 23.5 Å². The summed E-state index contributed by atoms with van der Waals surface area (Å²) in [6.07, 6.45) is 6.58. The van der Waals surface area contributed by atoms with E-state index >= 15 is 0 Å². The van der Waals surface area contributed by atoms with Gasteiger partial charge in [0.2, 0.25) is 5.91 Å². The Labute approximate surface area is 102 Å². The van der Waals surface area contributed by atoms with Gasteiger partial charge in [0.1, 0.15) is 0 Å². The van der Waals surface area contributed by atoms with Crippen LogP contribution in [0.5, 0.6) is 0 Å². The molecule has 4 nitrogen and oxygen atoms in total. The molecular formula is C13H19N3O. The summed E-state index contributed by atoms with van der Waals surface area (Å²) in [4.78, 5) is 15.7. The minimum absolute atomic E-state index is 0.0251. The first-order valence-electron chi connectivity index (χ1n) is 6.18. The molecule has 1 aromatic heterocycles. The average Bonchev–Trinajstić information content (AvgIpc) is 3.14. The van der Waals surface area contributed by atoms with Crippen molar-refractivity contribution in [1.82, 2.24) is 15.6 Å². The molecule has 1 atom stereocenters. The van der Waals surface area contributed by atoms with E-state index in [1.54, 1.807) is 12.4 Å². The number of carbonyl (C=O) groups is 1. The summed E-state index contributed by atoms with van der Waals surface area (Å²) < 4.78 is 0. The summed E-state index contributed by atoms with van der Waals surface area (Å²) in [6, 6.07) is 4.54. The summed E-state index contributed by atoms with van der Waals surface area (Å²) in [5, 5.41) is 6.30. The van der Waals surface area contributed by atoms with Gasteiger partial charge in [0.25, 0.3) is 0 Å². The fourth-order valence-corrected chi connectivity index (χ4v) is 1.71. The van der Waals surface area contributed by atoms with Gasteiger partial charge in [-0.2, -0.15) is 0 Å². The topological polar surface area (TPSA) is 54.0 Å². The van der Waals surface area contributed by atoms with E-state index in [-0.39, 0.29) is 11.9 Å². The first-order chi connectivity index (χ1) is 8.25. The van der Waals surface area contributed by atoms with E-state index in [0.717, 1.165) is 12.1 Å². The number of rotatable bonds is 6. The van der Waals surface area contributed by atoms with Gasteiger partial charge < -0.3 is 10.6 Å². The molecule has 0 aliphatic heterocycles. The highest BCUT2D eigenvalue weighted by Crippen LogP contribution is 2.18. The smallest absolute Gasteiger partial charge is 0.221 e. The second-order valence-electron chi connectivity index (χ2n) is 4.55. The highest BCUT2D eigenvalue weighted by Gasteiger charge is 2.20. The quantitative estimate of drug-likeness (QED) is 0.781. The Bertz CT molecular complexity index is 362. The second kappa shape index (κ2) is 5.77. The van der Waals surface area contributed by atoms with Crippen LogP contribution in [0.2, 0.25) is 0 Å². The monoisotopic (exact) mass is 233 g/mol. The highest BCUT2D eigenvalue weighted by molar-refractivity contribution is 5.76. The second-order valence-corrected chi connectivity index (χ2v) is 4.55. The molecular weight excluding hydrogens is 214 g/mol. The predicted molar refractivity (Wildman–Crippen MR) is 66.4 cm³/mol. The molecule has 1 aliphatic rings. The lowest BCUT2D eigenvalue weighted by Gasteiger charge is -2.13. The lowest BCUT2D eigenvalue weighted by Crippen LogP contribution is -2.30. The number of aromatic nitrogens is 1. The van der Waals surface area contributed by atoms with Crippen LogP contribution >= 0.6 is 0 Å². The third kappa shape index (κ3) is 4.15. The molecule has 4 heteroatoms. The van der Waals surface area contributed by atoms with E-state index < -0.39 is 0 Å². The molecule has 92 valence electrons. The van der Waals surface area contributed by atoms with Crippen molar-refractivity contribution in [3.05, 3.63) is 30.1 Å². The Morgan fingerprint density at radius 3 is 3.06 bits per heavy atom. The van der Waals surface area contributed by atoms with Crippen molar-refractivity contribution in [2.75, 3.05) is 6.54 Å². The number of nitrogens with one attached hydrogen (secondary N) is 2. The molecule has 0 saturated heterocycles. The van der Waals surface area contributed by atoms with Crippen LogP contribution in [0, 0.1) is 0 Å². The van der Waals surface area contributed by atoms with Crippen molar-refractivity contribution in [3.8, 4) is 0 Å². The largest absolute Gasteiger partial charge is 0.349 e. The fraction of sp³-hybridized carbons (Fsp3) is 0.538. The molecule has 1 amide bonds. The molecule has 0 spiro atoms. The molecule has 1 fully saturated rings. The summed E-state index contributed by atoms with van der Waals surface area (Å²) in [5.74, 6) is 0.0921. The van der Waals surface area contributed by atoms with Gasteiger partial charge >= 0.3 is 0 Å². The highest BCUT2D eigenvalue weighted by atomic mass is 16.1. The zero-order chi connectivity index (χ0) is 12.1. The zero-order valence-electron chi connectivity index (χ0n) is 10.1. The van der Waals surface area contributed by atoms with E-state index in [9.17, 15) is 4.79 Å². The number of amides is 1. The summed E-state index contributed by atoms with van der Waals surface area (Å²) >= 11 is 0. The fourth-order valence-electron chi connectivity index (χ4n) is 1.71. The Kier molecular flexibility index (Phi) is 4.09. The summed E-state index contributed by atoms with van der Waals surface area (Å²) in [7, 11) is 0. The van der Waals surface area contributed by atoms with Crippen molar-refractivity contribution in [2.45, 2.75) is 38.3 Å². The minimum Gasteiger partial charge on any atom is -0.349 e. The zero-order valence-corrected chi connectivity index (χ0v) is 10.1. The molecule has 17 heavy (non-hydrogen) atoms. The maximum Gasteiger partial charge on any atom is 0.221 e. The Morgan fingerprint density at radius 2 is 2.41 bits per heavy atom. The van der Waals surface area contributed by atoms with E-state index in [2.05, 4.69) is 15.6 Å². The molecule has 0 bridgehead atoms. The maximum absolute atomic E-state index is 11.7.